The maximum Gasteiger partial charge on any atom is 0.0958 e. The molecule has 2 aromatic heterocycles. The quantitative estimate of drug-likeness (QED) is 0.698. The number of rotatable bonds is 4. The van der Waals surface area contributed by atoms with E-state index in [1.807, 2.05) is 36.8 Å². The third-order valence-corrected chi connectivity index (χ3v) is 3.09. The molecule has 0 N–H and O–H groups in total. The van der Waals surface area contributed by atoms with Gasteiger partial charge in [-0.15, -0.1) is 0 Å². The average molecular weight is 237 g/mol. The SMILES string of the molecule is c1ccc(CCCn2cnc3ccccc32)nc1. The number of nitrogens with zero attached hydrogens (tertiary/aromatic N) is 3. The molecule has 0 aliphatic rings. The van der Waals surface area contributed by atoms with Gasteiger partial charge in [-0.3, -0.25) is 4.98 Å². The molecule has 0 radical (unpaired) electrons. The maximum absolute atomic E-state index is 4.39. The second kappa shape index (κ2) is 5.00. The van der Waals surface area contributed by atoms with Crippen molar-refractivity contribution in [2.24, 2.45) is 0 Å². The normalized spacial score (nSPS) is 10.9. The van der Waals surface area contributed by atoms with Crippen molar-refractivity contribution in [2.75, 3.05) is 0 Å². The zero-order valence-electron chi connectivity index (χ0n) is 10.2. The van der Waals surface area contributed by atoms with Crippen molar-refractivity contribution in [3.63, 3.8) is 0 Å². The van der Waals surface area contributed by atoms with E-state index in [1.54, 1.807) is 0 Å². The fourth-order valence-corrected chi connectivity index (χ4v) is 2.17. The minimum Gasteiger partial charge on any atom is -0.331 e. The highest BCUT2D eigenvalue weighted by Gasteiger charge is 2.01. The molecule has 90 valence electrons. The van der Waals surface area contributed by atoms with Gasteiger partial charge in [0.1, 0.15) is 0 Å². The Morgan fingerprint density at radius 3 is 2.72 bits per heavy atom. The van der Waals surface area contributed by atoms with Gasteiger partial charge in [0.2, 0.25) is 0 Å². The molecule has 0 fully saturated rings. The molecule has 2 heterocycles. The molecule has 0 saturated carbocycles. The highest BCUT2D eigenvalue weighted by atomic mass is 15.0. The van der Waals surface area contributed by atoms with Crippen LogP contribution in [0.3, 0.4) is 0 Å². The summed E-state index contributed by atoms with van der Waals surface area (Å²) in [5.74, 6) is 0. The molecule has 0 saturated heterocycles. The standard InChI is InChI=1S/C15H15N3/c1-2-9-15-14(8-1)17-12-18(15)11-5-7-13-6-3-4-10-16-13/h1-4,6,8-10,12H,5,7,11H2. The third kappa shape index (κ3) is 2.25. The number of para-hydroxylation sites is 2. The van der Waals surface area contributed by atoms with Crippen LogP contribution in [0.1, 0.15) is 12.1 Å². The number of hydrogen-bond acceptors (Lipinski definition) is 2. The van der Waals surface area contributed by atoms with Crippen LogP contribution in [0.15, 0.2) is 55.0 Å². The zero-order chi connectivity index (χ0) is 12.2. The number of aryl methyl sites for hydroxylation is 2. The molecule has 3 aromatic rings. The smallest absolute Gasteiger partial charge is 0.0958 e. The first-order valence-electron chi connectivity index (χ1n) is 6.23. The van der Waals surface area contributed by atoms with E-state index in [9.17, 15) is 0 Å². The largest absolute Gasteiger partial charge is 0.331 e. The fraction of sp³-hybridized carbons (Fsp3) is 0.200. The van der Waals surface area contributed by atoms with Crippen molar-refractivity contribution in [3.05, 3.63) is 60.7 Å². The minimum atomic E-state index is 0.983. The summed E-state index contributed by atoms with van der Waals surface area (Å²) in [5, 5.41) is 0. The van der Waals surface area contributed by atoms with Crippen molar-refractivity contribution >= 4 is 11.0 Å². The summed E-state index contributed by atoms with van der Waals surface area (Å²) in [6.45, 7) is 0.983. The van der Waals surface area contributed by atoms with Gasteiger partial charge in [0, 0.05) is 18.4 Å². The Morgan fingerprint density at radius 1 is 0.944 bits per heavy atom. The highest BCUT2D eigenvalue weighted by Crippen LogP contribution is 2.12. The van der Waals surface area contributed by atoms with Gasteiger partial charge in [-0.1, -0.05) is 18.2 Å². The van der Waals surface area contributed by atoms with E-state index in [0.29, 0.717) is 0 Å². The Kier molecular flexibility index (Phi) is 3.05. The summed E-state index contributed by atoms with van der Waals surface area (Å²) < 4.78 is 2.21. The number of fused-ring (bicyclic) bond motifs is 1. The molecule has 0 unspecified atom stereocenters. The molecule has 3 heteroatoms. The number of hydrogen-bond donors (Lipinski definition) is 0. The Balaban J connectivity index is 1.67. The van der Waals surface area contributed by atoms with E-state index >= 15 is 0 Å². The van der Waals surface area contributed by atoms with E-state index < -0.39 is 0 Å². The molecule has 18 heavy (non-hydrogen) atoms. The summed E-state index contributed by atoms with van der Waals surface area (Å²) >= 11 is 0. The van der Waals surface area contributed by atoms with Crippen LogP contribution in [-0.2, 0) is 13.0 Å². The number of pyridine rings is 1. The predicted octanol–water partition coefficient (Wildman–Crippen LogP) is 3.06. The van der Waals surface area contributed by atoms with Crippen molar-refractivity contribution in [3.8, 4) is 0 Å². The number of aromatic nitrogens is 3. The first kappa shape index (κ1) is 11.0. The molecular formula is C15H15N3. The molecule has 1 aromatic carbocycles. The summed E-state index contributed by atoms with van der Waals surface area (Å²) in [6, 6.07) is 14.3. The van der Waals surface area contributed by atoms with E-state index in [2.05, 4.69) is 32.7 Å². The van der Waals surface area contributed by atoms with Crippen LogP contribution < -0.4 is 0 Å². The van der Waals surface area contributed by atoms with E-state index in [1.165, 1.54) is 5.52 Å². The lowest BCUT2D eigenvalue weighted by molar-refractivity contribution is 0.650. The Bertz CT molecular complexity index is 628. The molecule has 3 nitrogen and oxygen atoms in total. The Labute approximate surface area is 106 Å². The first-order valence-corrected chi connectivity index (χ1v) is 6.23. The van der Waals surface area contributed by atoms with Crippen LogP contribution in [0.2, 0.25) is 0 Å². The van der Waals surface area contributed by atoms with Gasteiger partial charge in [0.15, 0.2) is 0 Å². The number of imidazole rings is 1. The second-order valence-electron chi connectivity index (χ2n) is 4.35. The van der Waals surface area contributed by atoms with Crippen LogP contribution in [-0.4, -0.2) is 14.5 Å². The summed E-state index contributed by atoms with van der Waals surface area (Å²) in [7, 11) is 0. The molecule has 3 rings (SSSR count). The topological polar surface area (TPSA) is 30.7 Å². The van der Waals surface area contributed by atoms with Crippen molar-refractivity contribution in [1.29, 1.82) is 0 Å². The Hall–Kier alpha value is -2.16. The lowest BCUT2D eigenvalue weighted by Gasteiger charge is -2.03. The van der Waals surface area contributed by atoms with Gasteiger partial charge < -0.3 is 4.57 Å². The van der Waals surface area contributed by atoms with Gasteiger partial charge in [-0.05, 0) is 37.1 Å². The van der Waals surface area contributed by atoms with Gasteiger partial charge in [0.25, 0.3) is 0 Å². The van der Waals surface area contributed by atoms with Gasteiger partial charge in [-0.25, -0.2) is 4.98 Å². The van der Waals surface area contributed by atoms with Gasteiger partial charge >= 0.3 is 0 Å². The van der Waals surface area contributed by atoms with Crippen LogP contribution in [0, 0.1) is 0 Å². The second-order valence-corrected chi connectivity index (χ2v) is 4.35. The fourth-order valence-electron chi connectivity index (χ4n) is 2.17. The summed E-state index contributed by atoms with van der Waals surface area (Å²) in [6.07, 6.45) is 5.86. The monoisotopic (exact) mass is 237 g/mol. The van der Waals surface area contributed by atoms with Crippen LogP contribution in [0.25, 0.3) is 11.0 Å². The molecule has 0 aliphatic heterocycles. The van der Waals surface area contributed by atoms with Crippen LogP contribution >= 0.6 is 0 Å². The lowest BCUT2D eigenvalue weighted by Crippen LogP contribution is -1.98. The van der Waals surface area contributed by atoms with Crippen LogP contribution in [0.4, 0.5) is 0 Å². The summed E-state index contributed by atoms with van der Waals surface area (Å²) in [4.78, 5) is 8.73. The number of benzene rings is 1. The zero-order valence-corrected chi connectivity index (χ0v) is 10.2. The molecule has 0 amide bonds. The first-order chi connectivity index (χ1) is 8.93. The van der Waals surface area contributed by atoms with E-state index in [0.717, 1.165) is 30.6 Å². The Morgan fingerprint density at radius 2 is 1.83 bits per heavy atom. The highest BCUT2D eigenvalue weighted by molar-refractivity contribution is 5.74. The van der Waals surface area contributed by atoms with Crippen molar-refractivity contribution in [2.45, 2.75) is 19.4 Å². The average Bonchev–Trinajstić information content (AvgIpc) is 2.84. The maximum atomic E-state index is 4.39. The lowest BCUT2D eigenvalue weighted by atomic mass is 10.2. The molecular weight excluding hydrogens is 222 g/mol. The van der Waals surface area contributed by atoms with Gasteiger partial charge in [-0.2, -0.15) is 0 Å². The van der Waals surface area contributed by atoms with Gasteiger partial charge in [0.05, 0.1) is 17.4 Å². The van der Waals surface area contributed by atoms with E-state index in [4.69, 9.17) is 0 Å². The molecule has 0 aliphatic carbocycles. The van der Waals surface area contributed by atoms with Crippen molar-refractivity contribution < 1.29 is 0 Å². The van der Waals surface area contributed by atoms with Crippen molar-refractivity contribution in [1.82, 2.24) is 14.5 Å². The molecule has 0 spiro atoms. The molecule has 0 bridgehead atoms. The third-order valence-electron chi connectivity index (χ3n) is 3.09. The molecule has 0 atom stereocenters. The minimum absolute atomic E-state index is 0.983. The van der Waals surface area contributed by atoms with Crippen LogP contribution in [0.5, 0.6) is 0 Å². The summed E-state index contributed by atoms with van der Waals surface area (Å²) in [5.41, 5.74) is 3.43. The predicted molar refractivity (Wildman–Crippen MR) is 72.3 cm³/mol. The van der Waals surface area contributed by atoms with E-state index in [-0.39, 0.29) is 0 Å².